The fraction of sp³-hybridized carbons (Fsp3) is 0.733. The fourth-order valence-corrected chi connectivity index (χ4v) is 3.77. The van der Waals surface area contributed by atoms with Gasteiger partial charge in [-0.2, -0.15) is 0 Å². The number of hydrogen-bond acceptors (Lipinski definition) is 3. The molecule has 1 aliphatic rings. The van der Waals surface area contributed by atoms with E-state index in [0.717, 1.165) is 5.92 Å². The third-order valence-corrected chi connectivity index (χ3v) is 5.07. The lowest BCUT2D eigenvalue weighted by atomic mass is 9.94. The summed E-state index contributed by atoms with van der Waals surface area (Å²) in [7, 11) is 0. The molecule has 3 heteroatoms. The van der Waals surface area contributed by atoms with E-state index in [1.54, 1.807) is 0 Å². The Hall–Kier alpha value is -0.380. The van der Waals surface area contributed by atoms with E-state index >= 15 is 0 Å². The van der Waals surface area contributed by atoms with E-state index in [1.807, 2.05) is 11.3 Å². The first kappa shape index (κ1) is 14.0. The van der Waals surface area contributed by atoms with Gasteiger partial charge in [-0.25, -0.2) is 0 Å². The first-order valence-electron chi connectivity index (χ1n) is 7.12. The minimum atomic E-state index is 0.206. The van der Waals surface area contributed by atoms with E-state index in [0.29, 0.717) is 12.0 Å². The van der Waals surface area contributed by atoms with Crippen LogP contribution in [0.2, 0.25) is 0 Å². The Morgan fingerprint density at radius 2 is 2.11 bits per heavy atom. The average molecular weight is 267 g/mol. The second-order valence-electron chi connectivity index (χ2n) is 5.74. The van der Waals surface area contributed by atoms with Crippen molar-refractivity contribution in [2.45, 2.75) is 51.6 Å². The summed E-state index contributed by atoms with van der Waals surface area (Å²) in [4.78, 5) is 1.43. The van der Waals surface area contributed by atoms with Crippen LogP contribution in [0.25, 0.3) is 0 Å². The Kier molecular flexibility index (Phi) is 5.22. The van der Waals surface area contributed by atoms with Gasteiger partial charge in [0.2, 0.25) is 0 Å². The molecule has 1 saturated carbocycles. The Labute approximate surface area is 114 Å². The topological polar surface area (TPSA) is 32.3 Å². The molecule has 0 spiro atoms. The maximum absolute atomic E-state index is 9.53. The van der Waals surface area contributed by atoms with Gasteiger partial charge in [0.05, 0.1) is 6.61 Å². The minimum absolute atomic E-state index is 0.206. The molecule has 1 aliphatic carbocycles. The molecule has 0 amide bonds. The molecule has 102 valence electrons. The van der Waals surface area contributed by atoms with E-state index in [2.05, 4.69) is 36.7 Å². The highest BCUT2D eigenvalue weighted by Crippen LogP contribution is 2.37. The van der Waals surface area contributed by atoms with Crippen LogP contribution in [0.3, 0.4) is 0 Å². The molecule has 2 atom stereocenters. The van der Waals surface area contributed by atoms with E-state index in [9.17, 15) is 5.11 Å². The Balaban J connectivity index is 2.09. The molecule has 1 heterocycles. The molecule has 2 rings (SSSR count). The van der Waals surface area contributed by atoms with Crippen molar-refractivity contribution in [3.8, 4) is 0 Å². The first-order valence-corrected chi connectivity index (χ1v) is 8.00. The molecule has 1 aromatic rings. The van der Waals surface area contributed by atoms with Crippen LogP contribution in [-0.2, 0) is 0 Å². The fourth-order valence-electron chi connectivity index (χ4n) is 2.90. The van der Waals surface area contributed by atoms with Gasteiger partial charge in [0.25, 0.3) is 0 Å². The SMILES string of the molecule is CC(C)C(CO)NC(c1cccs1)C1CCCC1. The molecular formula is C15H25NOS. The summed E-state index contributed by atoms with van der Waals surface area (Å²) in [5, 5.41) is 15.4. The zero-order chi connectivity index (χ0) is 13.0. The number of aliphatic hydroxyl groups excluding tert-OH is 1. The zero-order valence-corrected chi connectivity index (χ0v) is 12.2. The standard InChI is InChI=1S/C15H25NOS/c1-11(2)13(10-17)16-15(12-6-3-4-7-12)14-8-5-9-18-14/h5,8-9,11-13,15-17H,3-4,6-7,10H2,1-2H3. The lowest BCUT2D eigenvalue weighted by molar-refractivity contribution is 0.185. The van der Waals surface area contributed by atoms with Crippen LogP contribution in [0, 0.1) is 11.8 Å². The molecule has 2 unspecified atom stereocenters. The lowest BCUT2D eigenvalue weighted by Gasteiger charge is -2.30. The molecule has 0 bridgehead atoms. The van der Waals surface area contributed by atoms with Crippen molar-refractivity contribution in [2.24, 2.45) is 11.8 Å². The van der Waals surface area contributed by atoms with Crippen molar-refractivity contribution in [3.05, 3.63) is 22.4 Å². The molecule has 0 saturated heterocycles. The van der Waals surface area contributed by atoms with Gasteiger partial charge in [-0.3, -0.25) is 0 Å². The predicted molar refractivity (Wildman–Crippen MR) is 77.9 cm³/mol. The van der Waals surface area contributed by atoms with Crippen LogP contribution >= 0.6 is 11.3 Å². The smallest absolute Gasteiger partial charge is 0.0587 e. The molecular weight excluding hydrogens is 242 g/mol. The highest BCUT2D eigenvalue weighted by molar-refractivity contribution is 7.10. The van der Waals surface area contributed by atoms with Crippen molar-refractivity contribution in [1.82, 2.24) is 5.32 Å². The maximum Gasteiger partial charge on any atom is 0.0587 e. The average Bonchev–Trinajstić information content (AvgIpc) is 3.02. The number of thiophene rings is 1. The molecule has 2 N–H and O–H groups in total. The van der Waals surface area contributed by atoms with Crippen molar-refractivity contribution in [3.63, 3.8) is 0 Å². The first-order chi connectivity index (χ1) is 8.72. The van der Waals surface area contributed by atoms with Gasteiger partial charge >= 0.3 is 0 Å². The molecule has 1 fully saturated rings. The van der Waals surface area contributed by atoms with Crippen molar-refractivity contribution in [1.29, 1.82) is 0 Å². The van der Waals surface area contributed by atoms with Gasteiger partial charge in [0, 0.05) is 17.0 Å². The Morgan fingerprint density at radius 1 is 1.39 bits per heavy atom. The quantitative estimate of drug-likeness (QED) is 0.825. The van der Waals surface area contributed by atoms with Gasteiger partial charge < -0.3 is 10.4 Å². The van der Waals surface area contributed by atoms with E-state index in [1.165, 1.54) is 30.6 Å². The largest absolute Gasteiger partial charge is 0.395 e. The number of rotatable bonds is 6. The predicted octanol–water partition coefficient (Wildman–Crippen LogP) is 3.59. The second kappa shape index (κ2) is 6.69. The van der Waals surface area contributed by atoms with Gasteiger partial charge in [-0.1, -0.05) is 32.8 Å². The van der Waals surface area contributed by atoms with Crippen molar-refractivity contribution >= 4 is 11.3 Å². The molecule has 0 aromatic carbocycles. The summed E-state index contributed by atoms with van der Waals surface area (Å²) < 4.78 is 0. The van der Waals surface area contributed by atoms with E-state index in [4.69, 9.17) is 0 Å². The van der Waals surface area contributed by atoms with Crippen LogP contribution in [0.4, 0.5) is 0 Å². The lowest BCUT2D eigenvalue weighted by Crippen LogP contribution is -2.41. The van der Waals surface area contributed by atoms with Crippen LogP contribution in [-0.4, -0.2) is 17.8 Å². The van der Waals surface area contributed by atoms with Crippen molar-refractivity contribution < 1.29 is 5.11 Å². The summed E-state index contributed by atoms with van der Waals surface area (Å²) >= 11 is 1.84. The van der Waals surface area contributed by atoms with Gasteiger partial charge in [-0.15, -0.1) is 11.3 Å². The molecule has 0 aliphatic heterocycles. The van der Waals surface area contributed by atoms with Crippen molar-refractivity contribution in [2.75, 3.05) is 6.61 Å². The van der Waals surface area contributed by atoms with Gasteiger partial charge in [-0.05, 0) is 36.1 Å². The summed E-state index contributed by atoms with van der Waals surface area (Å²) in [6.07, 6.45) is 5.37. The van der Waals surface area contributed by atoms with E-state index < -0.39 is 0 Å². The Morgan fingerprint density at radius 3 is 2.61 bits per heavy atom. The zero-order valence-electron chi connectivity index (χ0n) is 11.4. The van der Waals surface area contributed by atoms with Crippen LogP contribution in [0.1, 0.15) is 50.4 Å². The highest BCUT2D eigenvalue weighted by Gasteiger charge is 2.29. The number of aliphatic hydroxyl groups is 1. The summed E-state index contributed by atoms with van der Waals surface area (Å²) in [5.41, 5.74) is 0. The monoisotopic (exact) mass is 267 g/mol. The van der Waals surface area contributed by atoms with Gasteiger partial charge in [0.1, 0.15) is 0 Å². The number of nitrogens with one attached hydrogen (secondary N) is 1. The maximum atomic E-state index is 9.53. The Bertz CT molecular complexity index is 330. The van der Waals surface area contributed by atoms with Gasteiger partial charge in [0.15, 0.2) is 0 Å². The summed E-state index contributed by atoms with van der Waals surface area (Å²) in [6, 6.07) is 5.01. The third kappa shape index (κ3) is 3.34. The summed E-state index contributed by atoms with van der Waals surface area (Å²) in [6.45, 7) is 4.58. The third-order valence-electron chi connectivity index (χ3n) is 4.12. The minimum Gasteiger partial charge on any atom is -0.395 e. The number of hydrogen-bond donors (Lipinski definition) is 2. The highest BCUT2D eigenvalue weighted by atomic mass is 32.1. The molecule has 18 heavy (non-hydrogen) atoms. The summed E-state index contributed by atoms with van der Waals surface area (Å²) in [5.74, 6) is 1.22. The van der Waals surface area contributed by atoms with Crippen LogP contribution in [0.5, 0.6) is 0 Å². The second-order valence-corrected chi connectivity index (χ2v) is 6.72. The molecule has 1 aromatic heterocycles. The molecule has 2 nitrogen and oxygen atoms in total. The van der Waals surface area contributed by atoms with Crippen LogP contribution < -0.4 is 5.32 Å². The normalized spacial score (nSPS) is 20.4. The van der Waals surface area contributed by atoms with E-state index in [-0.39, 0.29) is 12.6 Å². The van der Waals surface area contributed by atoms with Crippen LogP contribution in [0.15, 0.2) is 17.5 Å². The molecule has 0 radical (unpaired) electrons.